The maximum absolute atomic E-state index is 12.1. The molecule has 0 aliphatic rings. The summed E-state index contributed by atoms with van der Waals surface area (Å²) in [6.45, 7) is 4.64. The van der Waals surface area contributed by atoms with Gasteiger partial charge in [0.2, 0.25) is 0 Å². The molecule has 3 aromatic rings. The number of hydrogen-bond acceptors (Lipinski definition) is 4. The standard InChI is InChI=1S/C22H23N3O2/c1-3-27-21-13-12-17-9-5-6-10-18(17)19(21)14-24-25-22(26)15-23-20-11-7-4-8-16(20)2/h4-14,23H,3,15H2,1-2H3,(H,25,26)/b24-14-. The van der Waals surface area contributed by atoms with Gasteiger partial charge in [0.15, 0.2) is 0 Å². The molecule has 5 nitrogen and oxygen atoms in total. The lowest BCUT2D eigenvalue weighted by molar-refractivity contribution is -0.119. The Morgan fingerprint density at radius 1 is 1.07 bits per heavy atom. The number of rotatable bonds is 7. The van der Waals surface area contributed by atoms with E-state index in [1.54, 1.807) is 6.21 Å². The second-order valence-corrected chi connectivity index (χ2v) is 6.09. The van der Waals surface area contributed by atoms with E-state index in [-0.39, 0.29) is 12.5 Å². The van der Waals surface area contributed by atoms with Gasteiger partial charge in [0, 0.05) is 11.3 Å². The molecule has 0 unspecified atom stereocenters. The first-order chi connectivity index (χ1) is 13.2. The Bertz CT molecular complexity index is 967. The van der Waals surface area contributed by atoms with Crippen molar-refractivity contribution in [3.63, 3.8) is 0 Å². The van der Waals surface area contributed by atoms with Gasteiger partial charge in [-0.05, 0) is 42.3 Å². The number of hydrogen-bond donors (Lipinski definition) is 2. The Balaban J connectivity index is 1.69. The molecule has 0 aliphatic heterocycles. The molecule has 0 saturated heterocycles. The first-order valence-corrected chi connectivity index (χ1v) is 8.95. The van der Waals surface area contributed by atoms with Gasteiger partial charge in [-0.3, -0.25) is 4.79 Å². The normalized spacial score (nSPS) is 10.9. The summed E-state index contributed by atoms with van der Waals surface area (Å²) >= 11 is 0. The van der Waals surface area contributed by atoms with Crippen LogP contribution in [-0.4, -0.2) is 25.3 Å². The van der Waals surface area contributed by atoms with Crippen molar-refractivity contribution in [2.24, 2.45) is 5.10 Å². The molecule has 0 heterocycles. The number of fused-ring (bicyclic) bond motifs is 1. The van der Waals surface area contributed by atoms with Gasteiger partial charge in [-0.2, -0.15) is 5.10 Å². The highest BCUT2D eigenvalue weighted by molar-refractivity contribution is 6.02. The summed E-state index contributed by atoms with van der Waals surface area (Å²) in [5.74, 6) is 0.528. The summed E-state index contributed by atoms with van der Waals surface area (Å²) in [4.78, 5) is 12.1. The molecule has 0 aromatic heterocycles. The van der Waals surface area contributed by atoms with Crippen molar-refractivity contribution in [3.8, 4) is 5.75 Å². The fraction of sp³-hybridized carbons (Fsp3) is 0.182. The molecule has 0 atom stereocenters. The Kier molecular flexibility index (Phi) is 6.05. The van der Waals surface area contributed by atoms with E-state index in [9.17, 15) is 4.79 Å². The van der Waals surface area contributed by atoms with Gasteiger partial charge in [-0.25, -0.2) is 5.43 Å². The molecular weight excluding hydrogens is 338 g/mol. The summed E-state index contributed by atoms with van der Waals surface area (Å²) in [5.41, 5.74) is 5.44. The van der Waals surface area contributed by atoms with E-state index in [0.717, 1.165) is 33.3 Å². The number of benzene rings is 3. The fourth-order valence-electron chi connectivity index (χ4n) is 2.85. The van der Waals surface area contributed by atoms with Crippen molar-refractivity contribution in [2.45, 2.75) is 13.8 Å². The summed E-state index contributed by atoms with van der Waals surface area (Å²) in [7, 11) is 0. The van der Waals surface area contributed by atoms with Crippen LogP contribution in [-0.2, 0) is 4.79 Å². The lowest BCUT2D eigenvalue weighted by Gasteiger charge is -2.10. The topological polar surface area (TPSA) is 62.7 Å². The largest absolute Gasteiger partial charge is 0.493 e. The number of para-hydroxylation sites is 1. The molecule has 0 fully saturated rings. The molecule has 0 saturated carbocycles. The quantitative estimate of drug-likeness (QED) is 0.492. The average Bonchev–Trinajstić information content (AvgIpc) is 2.69. The fourth-order valence-corrected chi connectivity index (χ4v) is 2.85. The number of aryl methyl sites for hydroxylation is 1. The molecule has 0 spiro atoms. The molecular formula is C22H23N3O2. The lowest BCUT2D eigenvalue weighted by Crippen LogP contribution is -2.26. The third-order valence-electron chi connectivity index (χ3n) is 4.20. The average molecular weight is 361 g/mol. The number of carbonyl (C=O) groups excluding carboxylic acids is 1. The number of ether oxygens (including phenoxy) is 1. The third kappa shape index (κ3) is 4.64. The van der Waals surface area contributed by atoms with E-state index in [1.807, 2.05) is 74.5 Å². The van der Waals surface area contributed by atoms with E-state index in [1.165, 1.54) is 0 Å². The number of hydrazone groups is 1. The highest BCUT2D eigenvalue weighted by atomic mass is 16.5. The SMILES string of the molecule is CCOc1ccc2ccccc2c1/C=N\NC(=O)CNc1ccccc1C. The van der Waals surface area contributed by atoms with Crippen LogP contribution in [0.4, 0.5) is 5.69 Å². The minimum Gasteiger partial charge on any atom is -0.493 e. The maximum atomic E-state index is 12.1. The highest BCUT2D eigenvalue weighted by Gasteiger charge is 2.07. The van der Waals surface area contributed by atoms with E-state index in [0.29, 0.717) is 6.61 Å². The van der Waals surface area contributed by atoms with E-state index in [4.69, 9.17) is 4.74 Å². The Hall–Kier alpha value is -3.34. The molecule has 2 N–H and O–H groups in total. The Morgan fingerprint density at radius 2 is 1.85 bits per heavy atom. The van der Waals surface area contributed by atoms with Crippen molar-refractivity contribution in [2.75, 3.05) is 18.5 Å². The molecule has 3 aromatic carbocycles. The van der Waals surface area contributed by atoms with Crippen LogP contribution in [0.15, 0.2) is 65.8 Å². The first kappa shape index (κ1) is 18.5. The zero-order valence-electron chi connectivity index (χ0n) is 15.5. The van der Waals surface area contributed by atoms with Gasteiger partial charge in [0.25, 0.3) is 5.91 Å². The van der Waals surface area contributed by atoms with Gasteiger partial charge in [0.05, 0.1) is 19.4 Å². The van der Waals surface area contributed by atoms with Gasteiger partial charge >= 0.3 is 0 Å². The first-order valence-electron chi connectivity index (χ1n) is 8.95. The summed E-state index contributed by atoms with van der Waals surface area (Å²) < 4.78 is 5.70. The second-order valence-electron chi connectivity index (χ2n) is 6.09. The molecule has 3 rings (SSSR count). The monoisotopic (exact) mass is 361 g/mol. The van der Waals surface area contributed by atoms with Crippen molar-refractivity contribution in [3.05, 3.63) is 71.8 Å². The van der Waals surface area contributed by atoms with E-state index < -0.39 is 0 Å². The summed E-state index contributed by atoms with van der Waals surface area (Å²) in [6.07, 6.45) is 1.64. The van der Waals surface area contributed by atoms with Crippen LogP contribution in [0.1, 0.15) is 18.1 Å². The Morgan fingerprint density at radius 3 is 2.67 bits per heavy atom. The molecule has 138 valence electrons. The van der Waals surface area contributed by atoms with Crippen LogP contribution in [0, 0.1) is 6.92 Å². The number of nitrogens with one attached hydrogen (secondary N) is 2. The predicted octanol–water partition coefficient (Wildman–Crippen LogP) is 4.11. The van der Waals surface area contributed by atoms with Crippen LogP contribution in [0.3, 0.4) is 0 Å². The van der Waals surface area contributed by atoms with Gasteiger partial charge in [-0.15, -0.1) is 0 Å². The minimum atomic E-state index is -0.215. The minimum absolute atomic E-state index is 0.149. The number of amides is 1. The molecule has 5 heteroatoms. The van der Waals surface area contributed by atoms with E-state index in [2.05, 4.69) is 15.8 Å². The summed E-state index contributed by atoms with van der Waals surface area (Å²) in [6, 6.07) is 19.8. The van der Waals surface area contributed by atoms with Crippen LogP contribution in [0.2, 0.25) is 0 Å². The number of nitrogens with zero attached hydrogens (tertiary/aromatic N) is 1. The van der Waals surface area contributed by atoms with Crippen LogP contribution < -0.4 is 15.5 Å². The number of carbonyl (C=O) groups is 1. The van der Waals surface area contributed by atoms with Crippen molar-refractivity contribution in [1.82, 2.24) is 5.43 Å². The molecule has 27 heavy (non-hydrogen) atoms. The van der Waals surface area contributed by atoms with Crippen molar-refractivity contribution < 1.29 is 9.53 Å². The van der Waals surface area contributed by atoms with Crippen LogP contribution in [0.5, 0.6) is 5.75 Å². The van der Waals surface area contributed by atoms with Gasteiger partial charge in [0.1, 0.15) is 5.75 Å². The van der Waals surface area contributed by atoms with Crippen LogP contribution in [0.25, 0.3) is 10.8 Å². The van der Waals surface area contributed by atoms with Gasteiger partial charge in [-0.1, -0.05) is 48.5 Å². The highest BCUT2D eigenvalue weighted by Crippen LogP contribution is 2.26. The molecule has 0 bridgehead atoms. The molecule has 0 aliphatic carbocycles. The number of anilines is 1. The zero-order valence-corrected chi connectivity index (χ0v) is 15.5. The predicted molar refractivity (Wildman–Crippen MR) is 111 cm³/mol. The van der Waals surface area contributed by atoms with Crippen molar-refractivity contribution >= 4 is 28.6 Å². The molecule has 1 amide bonds. The second kappa shape index (κ2) is 8.85. The zero-order chi connectivity index (χ0) is 19.1. The van der Waals surface area contributed by atoms with Gasteiger partial charge < -0.3 is 10.1 Å². The molecule has 0 radical (unpaired) electrons. The van der Waals surface area contributed by atoms with Crippen LogP contribution >= 0.6 is 0 Å². The maximum Gasteiger partial charge on any atom is 0.259 e. The smallest absolute Gasteiger partial charge is 0.259 e. The lowest BCUT2D eigenvalue weighted by atomic mass is 10.0. The third-order valence-corrected chi connectivity index (χ3v) is 4.20. The van der Waals surface area contributed by atoms with Crippen molar-refractivity contribution in [1.29, 1.82) is 0 Å². The summed E-state index contributed by atoms with van der Waals surface area (Å²) in [5, 5.41) is 9.36. The van der Waals surface area contributed by atoms with E-state index >= 15 is 0 Å². The Labute approximate surface area is 159 Å².